The summed E-state index contributed by atoms with van der Waals surface area (Å²) >= 11 is 4.20. The van der Waals surface area contributed by atoms with Crippen LogP contribution in [0.5, 0.6) is 0 Å². The van der Waals surface area contributed by atoms with Gasteiger partial charge in [-0.2, -0.15) is 0 Å². The third kappa shape index (κ3) is 1.90. The first-order valence-electron chi connectivity index (χ1n) is 9.80. The van der Waals surface area contributed by atoms with E-state index in [1.807, 2.05) is 0 Å². The van der Waals surface area contributed by atoms with Crippen molar-refractivity contribution in [3.63, 3.8) is 0 Å². The monoisotopic (exact) mass is 422 g/mol. The summed E-state index contributed by atoms with van der Waals surface area (Å²) in [5, 5.41) is 0. The van der Waals surface area contributed by atoms with E-state index in [9.17, 15) is 0 Å². The fourth-order valence-electron chi connectivity index (χ4n) is 5.54. The van der Waals surface area contributed by atoms with Crippen molar-refractivity contribution in [3.8, 4) is 0 Å². The molecule has 7 rings (SSSR count). The molecular formula is C27H19Br. The molecule has 0 radical (unpaired) electrons. The molecule has 0 saturated heterocycles. The molecule has 0 nitrogen and oxygen atoms in total. The Hall–Kier alpha value is -2.64. The minimum absolute atomic E-state index is 0.144. The lowest BCUT2D eigenvalue weighted by atomic mass is 9.51. The lowest BCUT2D eigenvalue weighted by Crippen LogP contribution is -2.44. The van der Waals surface area contributed by atoms with Crippen molar-refractivity contribution in [2.24, 2.45) is 0 Å². The summed E-state index contributed by atoms with van der Waals surface area (Å²) in [6.07, 6.45) is 0. The molecule has 2 bridgehead atoms. The first-order chi connectivity index (χ1) is 13.8. The van der Waals surface area contributed by atoms with Gasteiger partial charge in [0, 0.05) is 5.92 Å². The summed E-state index contributed by atoms with van der Waals surface area (Å²) < 4.78 is 0. The minimum Gasteiger partial charge on any atom is -0.0822 e. The smallest absolute Gasteiger partial charge is 0.0625 e. The van der Waals surface area contributed by atoms with E-state index in [0.29, 0.717) is 5.92 Å². The molecule has 0 heterocycles. The van der Waals surface area contributed by atoms with Crippen LogP contribution in [0.3, 0.4) is 0 Å². The number of halogens is 1. The second-order valence-electron chi connectivity index (χ2n) is 7.78. The van der Waals surface area contributed by atoms with E-state index in [0.717, 1.165) is 0 Å². The third-order valence-corrected chi connectivity index (χ3v) is 7.78. The molecule has 0 amide bonds. The number of benzene rings is 4. The minimum atomic E-state index is -0.236. The summed E-state index contributed by atoms with van der Waals surface area (Å²) in [5.74, 6) is 0.320. The maximum Gasteiger partial charge on any atom is 0.0625 e. The van der Waals surface area contributed by atoms with Gasteiger partial charge in [-0.1, -0.05) is 119 Å². The largest absolute Gasteiger partial charge is 0.0822 e. The van der Waals surface area contributed by atoms with Crippen LogP contribution in [0.15, 0.2) is 103 Å². The normalized spacial score (nSPS) is 22.1. The maximum atomic E-state index is 4.20. The highest BCUT2D eigenvalue weighted by Crippen LogP contribution is 2.64. The zero-order chi connectivity index (χ0) is 18.7. The van der Waals surface area contributed by atoms with Crippen molar-refractivity contribution in [1.82, 2.24) is 0 Å². The Morgan fingerprint density at radius 1 is 0.536 bits per heavy atom. The topological polar surface area (TPSA) is 0 Å². The predicted molar refractivity (Wildman–Crippen MR) is 118 cm³/mol. The number of hydrogen-bond donors (Lipinski definition) is 0. The highest BCUT2D eigenvalue weighted by Gasteiger charge is 2.55. The Morgan fingerprint density at radius 3 is 1.39 bits per heavy atom. The molecule has 28 heavy (non-hydrogen) atoms. The molecule has 4 aromatic carbocycles. The molecule has 4 aromatic rings. The predicted octanol–water partition coefficient (Wildman–Crippen LogP) is 6.96. The van der Waals surface area contributed by atoms with Gasteiger partial charge in [-0.15, -0.1) is 0 Å². The van der Waals surface area contributed by atoms with Crippen LogP contribution in [0.25, 0.3) is 0 Å². The number of alkyl halides is 1. The van der Waals surface area contributed by atoms with E-state index in [1.165, 1.54) is 38.9 Å². The Balaban J connectivity index is 1.79. The van der Waals surface area contributed by atoms with Gasteiger partial charge in [0.25, 0.3) is 0 Å². The molecular weight excluding hydrogens is 404 g/mol. The highest BCUT2D eigenvalue weighted by atomic mass is 79.9. The van der Waals surface area contributed by atoms with Gasteiger partial charge in [0.2, 0.25) is 0 Å². The summed E-state index contributed by atoms with van der Waals surface area (Å²) in [6, 6.07) is 38.0. The fraction of sp³-hybridized carbons (Fsp3) is 0.111. The van der Waals surface area contributed by atoms with Crippen LogP contribution < -0.4 is 0 Å². The standard InChI is InChI=1S/C27H19Br/c28-26(18-10-2-1-3-11-18)27-22-15-7-4-12-19(22)25(20-13-5-8-16-23(20)27)21-14-6-9-17-24(21)27/h1-17,25-26H. The van der Waals surface area contributed by atoms with Crippen LogP contribution in [-0.4, -0.2) is 0 Å². The quantitative estimate of drug-likeness (QED) is 0.306. The SMILES string of the molecule is BrC(c1ccccc1)C12c3ccccc3C(c3ccccc31)c1ccccc12. The third-order valence-electron chi connectivity index (χ3n) is 6.56. The van der Waals surface area contributed by atoms with Crippen LogP contribution in [0, 0.1) is 0 Å². The maximum absolute atomic E-state index is 4.20. The Kier molecular flexibility index (Phi) is 3.46. The Morgan fingerprint density at radius 2 is 0.929 bits per heavy atom. The van der Waals surface area contributed by atoms with Crippen LogP contribution in [0.4, 0.5) is 0 Å². The van der Waals surface area contributed by atoms with Crippen molar-refractivity contribution in [2.75, 3.05) is 0 Å². The lowest BCUT2D eigenvalue weighted by molar-refractivity contribution is 0.536. The Labute approximate surface area is 174 Å². The second kappa shape index (κ2) is 5.93. The highest BCUT2D eigenvalue weighted by molar-refractivity contribution is 9.09. The van der Waals surface area contributed by atoms with Gasteiger partial charge in [-0.3, -0.25) is 0 Å². The van der Waals surface area contributed by atoms with Gasteiger partial charge in [0.1, 0.15) is 0 Å². The van der Waals surface area contributed by atoms with Crippen LogP contribution in [0.1, 0.15) is 49.7 Å². The number of rotatable bonds is 2. The van der Waals surface area contributed by atoms with E-state index in [4.69, 9.17) is 0 Å². The van der Waals surface area contributed by atoms with Crippen molar-refractivity contribution in [1.29, 1.82) is 0 Å². The van der Waals surface area contributed by atoms with Crippen molar-refractivity contribution >= 4 is 15.9 Å². The molecule has 1 atom stereocenters. The zero-order valence-corrected chi connectivity index (χ0v) is 16.9. The van der Waals surface area contributed by atoms with Gasteiger partial charge in [0.05, 0.1) is 10.2 Å². The molecule has 0 aromatic heterocycles. The average molecular weight is 423 g/mol. The molecule has 1 heteroatoms. The average Bonchev–Trinajstić information content (AvgIpc) is 2.79. The van der Waals surface area contributed by atoms with E-state index in [1.54, 1.807) is 0 Å². The van der Waals surface area contributed by atoms with E-state index in [2.05, 4.69) is 119 Å². The molecule has 0 fully saturated rings. The van der Waals surface area contributed by atoms with Crippen LogP contribution in [-0.2, 0) is 5.41 Å². The zero-order valence-electron chi connectivity index (χ0n) is 15.3. The molecule has 3 aliphatic rings. The summed E-state index contributed by atoms with van der Waals surface area (Å²) in [5.41, 5.74) is 9.71. The molecule has 0 N–H and O–H groups in total. The molecule has 3 aliphatic carbocycles. The van der Waals surface area contributed by atoms with Gasteiger partial charge >= 0.3 is 0 Å². The number of hydrogen-bond acceptors (Lipinski definition) is 0. The summed E-state index contributed by atoms with van der Waals surface area (Å²) in [6.45, 7) is 0. The van der Waals surface area contributed by atoms with Gasteiger partial charge < -0.3 is 0 Å². The first kappa shape index (κ1) is 16.3. The summed E-state index contributed by atoms with van der Waals surface area (Å²) in [7, 11) is 0. The fourth-order valence-corrected chi connectivity index (χ4v) is 6.59. The van der Waals surface area contributed by atoms with Gasteiger partial charge in [-0.05, 0) is 38.9 Å². The van der Waals surface area contributed by atoms with Crippen molar-refractivity contribution in [2.45, 2.75) is 16.2 Å². The van der Waals surface area contributed by atoms with Gasteiger partial charge in [0.15, 0.2) is 0 Å². The van der Waals surface area contributed by atoms with E-state index in [-0.39, 0.29) is 10.2 Å². The van der Waals surface area contributed by atoms with E-state index < -0.39 is 0 Å². The Bertz CT molecular complexity index is 1080. The molecule has 1 unspecified atom stereocenters. The van der Waals surface area contributed by atoms with Crippen molar-refractivity contribution in [3.05, 3.63) is 142 Å². The second-order valence-corrected chi connectivity index (χ2v) is 8.69. The van der Waals surface area contributed by atoms with E-state index >= 15 is 0 Å². The van der Waals surface area contributed by atoms with Crippen molar-refractivity contribution < 1.29 is 0 Å². The lowest BCUT2D eigenvalue weighted by Gasteiger charge is -2.53. The molecule has 0 saturated carbocycles. The first-order valence-corrected chi connectivity index (χ1v) is 10.7. The molecule has 134 valence electrons. The van der Waals surface area contributed by atoms with Gasteiger partial charge in [-0.25, -0.2) is 0 Å². The molecule has 0 spiro atoms. The van der Waals surface area contributed by atoms with Crippen LogP contribution in [0.2, 0.25) is 0 Å². The molecule has 0 aliphatic heterocycles. The summed E-state index contributed by atoms with van der Waals surface area (Å²) in [4.78, 5) is 0.144. The van der Waals surface area contributed by atoms with Crippen LogP contribution >= 0.6 is 15.9 Å².